The summed E-state index contributed by atoms with van der Waals surface area (Å²) in [6.07, 6.45) is 0. The van der Waals surface area contributed by atoms with Gasteiger partial charge >= 0.3 is 5.97 Å². The number of carbonyl (C=O) groups is 1. The lowest BCUT2D eigenvalue weighted by Crippen LogP contribution is -2.07. The normalized spacial score (nSPS) is 10.0. The molecule has 0 saturated heterocycles. The molecule has 0 spiro atoms. The van der Waals surface area contributed by atoms with E-state index in [1.165, 1.54) is 25.3 Å². The van der Waals surface area contributed by atoms with Crippen molar-refractivity contribution in [2.24, 2.45) is 0 Å². The van der Waals surface area contributed by atoms with Gasteiger partial charge in [-0.15, -0.1) is 0 Å². The molecule has 1 rings (SSSR count). The zero-order valence-corrected chi connectivity index (χ0v) is 8.20. The summed E-state index contributed by atoms with van der Waals surface area (Å²) in [6, 6.07) is 3.98. The molecule has 1 aromatic carbocycles. The van der Waals surface area contributed by atoms with Crippen LogP contribution in [-0.2, 0) is 16.1 Å². The molecule has 0 atom stereocenters. The molecule has 1 aromatic rings. The van der Waals surface area contributed by atoms with Crippen molar-refractivity contribution < 1.29 is 23.8 Å². The van der Waals surface area contributed by atoms with Gasteiger partial charge in [-0.3, -0.25) is 0 Å². The number of aliphatic carboxylic acids is 1. The first-order valence-electron chi connectivity index (χ1n) is 4.25. The van der Waals surface area contributed by atoms with Crippen LogP contribution in [0.4, 0.5) is 4.39 Å². The van der Waals surface area contributed by atoms with Crippen LogP contribution >= 0.6 is 0 Å². The van der Waals surface area contributed by atoms with Crippen LogP contribution in [-0.4, -0.2) is 24.8 Å². The van der Waals surface area contributed by atoms with Crippen molar-refractivity contribution in [2.75, 3.05) is 13.7 Å². The largest absolute Gasteiger partial charge is 0.496 e. The number of rotatable bonds is 5. The van der Waals surface area contributed by atoms with Crippen molar-refractivity contribution in [3.63, 3.8) is 0 Å². The Balaban J connectivity index is 2.65. The number of carboxylic acid groups (broad SMARTS) is 1. The summed E-state index contributed by atoms with van der Waals surface area (Å²) in [5, 5.41) is 8.34. The first-order chi connectivity index (χ1) is 7.13. The number of halogens is 1. The summed E-state index contributed by atoms with van der Waals surface area (Å²) in [7, 11) is 1.45. The van der Waals surface area contributed by atoms with Crippen molar-refractivity contribution in [2.45, 2.75) is 6.61 Å². The maximum Gasteiger partial charge on any atom is 0.329 e. The van der Waals surface area contributed by atoms with Crippen molar-refractivity contribution in [3.8, 4) is 5.75 Å². The predicted molar refractivity (Wildman–Crippen MR) is 50.2 cm³/mol. The zero-order chi connectivity index (χ0) is 11.3. The minimum atomic E-state index is -1.06. The number of methoxy groups -OCH3 is 1. The second kappa shape index (κ2) is 5.31. The van der Waals surface area contributed by atoms with Crippen LogP contribution in [0.15, 0.2) is 18.2 Å². The number of hydrogen-bond acceptors (Lipinski definition) is 3. The Morgan fingerprint density at radius 2 is 2.27 bits per heavy atom. The summed E-state index contributed by atoms with van der Waals surface area (Å²) in [6.45, 7) is -0.410. The number of ether oxygens (including phenoxy) is 2. The van der Waals surface area contributed by atoms with Crippen LogP contribution in [0.25, 0.3) is 0 Å². The van der Waals surface area contributed by atoms with E-state index in [1.54, 1.807) is 0 Å². The molecule has 0 saturated carbocycles. The average Bonchev–Trinajstić information content (AvgIpc) is 2.17. The average molecular weight is 214 g/mol. The molecule has 0 aromatic heterocycles. The fraction of sp³-hybridized carbons (Fsp3) is 0.300. The molecule has 0 aliphatic rings. The number of carboxylic acids is 1. The summed E-state index contributed by atoms with van der Waals surface area (Å²) in [5.74, 6) is -1.00. The van der Waals surface area contributed by atoms with Gasteiger partial charge in [0.25, 0.3) is 0 Å². The molecular formula is C10H11FO4. The molecule has 0 radical (unpaired) electrons. The molecule has 0 heterocycles. The fourth-order valence-corrected chi connectivity index (χ4v) is 1.11. The van der Waals surface area contributed by atoms with E-state index in [-0.39, 0.29) is 6.61 Å². The number of hydrogen-bond donors (Lipinski definition) is 1. The SMILES string of the molecule is COc1ccc(F)cc1COCC(=O)O. The Bertz CT molecular complexity index is 351. The summed E-state index contributed by atoms with van der Waals surface area (Å²) < 4.78 is 22.6. The standard InChI is InChI=1S/C10H11FO4/c1-14-9-3-2-8(11)4-7(9)5-15-6-10(12)13/h2-4H,5-6H2,1H3,(H,12,13). The molecule has 1 N–H and O–H groups in total. The minimum absolute atomic E-state index is 0.00718. The van der Waals surface area contributed by atoms with Gasteiger partial charge in [-0.25, -0.2) is 9.18 Å². The van der Waals surface area contributed by atoms with E-state index in [1.807, 2.05) is 0 Å². The van der Waals surface area contributed by atoms with Gasteiger partial charge in [0.2, 0.25) is 0 Å². The van der Waals surface area contributed by atoms with E-state index in [0.717, 1.165) is 0 Å². The van der Waals surface area contributed by atoms with Crippen molar-refractivity contribution >= 4 is 5.97 Å². The van der Waals surface area contributed by atoms with Gasteiger partial charge < -0.3 is 14.6 Å². The fourth-order valence-electron chi connectivity index (χ4n) is 1.11. The van der Waals surface area contributed by atoms with Crippen LogP contribution in [0.3, 0.4) is 0 Å². The topological polar surface area (TPSA) is 55.8 Å². The molecule has 15 heavy (non-hydrogen) atoms. The lowest BCUT2D eigenvalue weighted by atomic mass is 10.2. The van der Waals surface area contributed by atoms with Crippen LogP contribution in [0.5, 0.6) is 5.75 Å². The molecular weight excluding hydrogens is 203 g/mol. The van der Waals surface area contributed by atoms with Crippen LogP contribution < -0.4 is 4.74 Å². The molecule has 0 unspecified atom stereocenters. The first-order valence-corrected chi connectivity index (χ1v) is 4.25. The van der Waals surface area contributed by atoms with Gasteiger partial charge in [-0.2, -0.15) is 0 Å². The molecule has 5 heteroatoms. The highest BCUT2D eigenvalue weighted by Crippen LogP contribution is 2.19. The third-order valence-electron chi connectivity index (χ3n) is 1.73. The van der Waals surface area contributed by atoms with Gasteiger partial charge in [0.1, 0.15) is 18.2 Å². The maximum atomic E-state index is 12.8. The Kier molecular flexibility index (Phi) is 4.05. The third kappa shape index (κ3) is 3.55. The van der Waals surface area contributed by atoms with E-state index in [2.05, 4.69) is 0 Å². The quantitative estimate of drug-likeness (QED) is 0.805. The molecule has 82 valence electrons. The van der Waals surface area contributed by atoms with E-state index >= 15 is 0 Å². The lowest BCUT2D eigenvalue weighted by Gasteiger charge is -2.07. The molecule has 0 aliphatic carbocycles. The van der Waals surface area contributed by atoms with E-state index in [0.29, 0.717) is 11.3 Å². The van der Waals surface area contributed by atoms with E-state index in [9.17, 15) is 9.18 Å². The minimum Gasteiger partial charge on any atom is -0.496 e. The lowest BCUT2D eigenvalue weighted by molar-refractivity contribution is -0.142. The van der Waals surface area contributed by atoms with Gasteiger partial charge in [0.15, 0.2) is 0 Å². The van der Waals surface area contributed by atoms with Gasteiger partial charge in [0, 0.05) is 5.56 Å². The smallest absolute Gasteiger partial charge is 0.329 e. The van der Waals surface area contributed by atoms with Crippen molar-refractivity contribution in [1.29, 1.82) is 0 Å². The van der Waals surface area contributed by atoms with Gasteiger partial charge in [-0.1, -0.05) is 0 Å². The second-order valence-electron chi connectivity index (χ2n) is 2.84. The molecule has 4 nitrogen and oxygen atoms in total. The Morgan fingerprint density at radius 3 is 2.87 bits per heavy atom. The highest BCUT2D eigenvalue weighted by Gasteiger charge is 2.05. The number of benzene rings is 1. The molecule has 0 aliphatic heterocycles. The highest BCUT2D eigenvalue weighted by molar-refractivity contribution is 5.68. The molecule has 0 amide bonds. The second-order valence-corrected chi connectivity index (χ2v) is 2.84. The van der Waals surface area contributed by atoms with Crippen molar-refractivity contribution in [3.05, 3.63) is 29.6 Å². The molecule has 0 bridgehead atoms. The van der Waals surface area contributed by atoms with Crippen LogP contribution in [0.2, 0.25) is 0 Å². The highest BCUT2D eigenvalue weighted by atomic mass is 19.1. The predicted octanol–water partition coefficient (Wildman–Crippen LogP) is 1.44. The van der Waals surface area contributed by atoms with Gasteiger partial charge in [-0.05, 0) is 18.2 Å². The first kappa shape index (κ1) is 11.5. The van der Waals surface area contributed by atoms with Crippen LogP contribution in [0.1, 0.15) is 5.56 Å². The Morgan fingerprint density at radius 1 is 1.53 bits per heavy atom. The summed E-state index contributed by atoms with van der Waals surface area (Å²) >= 11 is 0. The Labute approximate surface area is 86.2 Å². The summed E-state index contributed by atoms with van der Waals surface area (Å²) in [4.78, 5) is 10.2. The third-order valence-corrected chi connectivity index (χ3v) is 1.73. The van der Waals surface area contributed by atoms with E-state index < -0.39 is 18.4 Å². The molecule has 0 fully saturated rings. The maximum absolute atomic E-state index is 12.8. The Hall–Kier alpha value is -1.62. The summed E-state index contributed by atoms with van der Waals surface area (Å²) in [5.41, 5.74) is 0.485. The zero-order valence-electron chi connectivity index (χ0n) is 8.20. The van der Waals surface area contributed by atoms with Crippen LogP contribution in [0, 0.1) is 5.82 Å². The van der Waals surface area contributed by atoms with Crippen molar-refractivity contribution in [1.82, 2.24) is 0 Å². The van der Waals surface area contributed by atoms with Gasteiger partial charge in [0.05, 0.1) is 13.7 Å². The monoisotopic (exact) mass is 214 g/mol. The van der Waals surface area contributed by atoms with E-state index in [4.69, 9.17) is 14.6 Å².